The molecule has 4 aromatic rings. The highest BCUT2D eigenvalue weighted by atomic mass is 16.5. The molecule has 0 unspecified atom stereocenters. The summed E-state index contributed by atoms with van der Waals surface area (Å²) in [5, 5.41) is 14.5. The maximum atomic E-state index is 12.1. The Labute approximate surface area is 154 Å². The van der Waals surface area contributed by atoms with Gasteiger partial charge in [0.25, 0.3) is 5.56 Å². The number of H-pyrrole nitrogens is 1. The summed E-state index contributed by atoms with van der Waals surface area (Å²) in [6.07, 6.45) is 0.208. The average molecular weight is 360 g/mol. The smallest absolute Gasteiger partial charge is 0.272 e. The lowest BCUT2D eigenvalue weighted by Gasteiger charge is -2.06. The summed E-state index contributed by atoms with van der Waals surface area (Å²) in [6, 6.07) is 16.5. The zero-order valence-electron chi connectivity index (χ0n) is 14.5. The van der Waals surface area contributed by atoms with Gasteiger partial charge in [0.1, 0.15) is 0 Å². The number of carbonyl (C=O) groups is 1. The fraction of sp³-hybridized carbons (Fsp3) is 0.100. The fourth-order valence-electron chi connectivity index (χ4n) is 2.90. The molecule has 0 aliphatic carbocycles. The van der Waals surface area contributed by atoms with Crippen LogP contribution in [-0.4, -0.2) is 21.3 Å². The van der Waals surface area contributed by atoms with Crippen LogP contribution in [0, 0.1) is 6.92 Å². The van der Waals surface area contributed by atoms with E-state index in [9.17, 15) is 9.59 Å². The van der Waals surface area contributed by atoms with Crippen LogP contribution in [0.25, 0.3) is 22.0 Å². The van der Waals surface area contributed by atoms with Crippen molar-refractivity contribution in [2.75, 3.05) is 5.32 Å². The summed E-state index contributed by atoms with van der Waals surface area (Å²) in [4.78, 5) is 24.0. The third-order valence-corrected chi connectivity index (χ3v) is 4.18. The van der Waals surface area contributed by atoms with Crippen molar-refractivity contribution in [3.63, 3.8) is 0 Å². The first-order valence-electron chi connectivity index (χ1n) is 8.40. The third kappa shape index (κ3) is 3.48. The molecule has 0 radical (unpaired) electrons. The Balaban J connectivity index is 1.55. The predicted octanol–water partition coefficient (Wildman–Crippen LogP) is 3.07. The monoisotopic (exact) mass is 360 g/mol. The zero-order valence-corrected chi connectivity index (χ0v) is 14.5. The van der Waals surface area contributed by atoms with E-state index >= 15 is 0 Å². The number of hydrogen-bond acceptors (Lipinski definition) is 5. The summed E-state index contributed by atoms with van der Waals surface area (Å²) in [6.45, 7) is 1.78. The van der Waals surface area contributed by atoms with Crippen molar-refractivity contribution in [1.29, 1.82) is 0 Å². The van der Waals surface area contributed by atoms with Gasteiger partial charge in [-0.05, 0) is 18.6 Å². The first-order valence-corrected chi connectivity index (χ1v) is 8.40. The maximum absolute atomic E-state index is 12.1. The van der Waals surface area contributed by atoms with Crippen molar-refractivity contribution >= 4 is 22.6 Å². The topological polar surface area (TPSA) is 101 Å². The molecule has 0 saturated carbocycles. The summed E-state index contributed by atoms with van der Waals surface area (Å²) in [5.41, 5.74) is 2.89. The number of anilines is 1. The lowest BCUT2D eigenvalue weighted by Crippen LogP contribution is -2.13. The Morgan fingerprint density at radius 3 is 2.56 bits per heavy atom. The molecule has 2 aromatic carbocycles. The first-order chi connectivity index (χ1) is 13.1. The van der Waals surface area contributed by atoms with E-state index in [0.717, 1.165) is 16.5 Å². The van der Waals surface area contributed by atoms with E-state index in [0.29, 0.717) is 22.7 Å². The van der Waals surface area contributed by atoms with Crippen LogP contribution in [0.2, 0.25) is 0 Å². The van der Waals surface area contributed by atoms with E-state index in [-0.39, 0.29) is 17.9 Å². The van der Waals surface area contributed by atoms with E-state index in [2.05, 4.69) is 20.7 Å². The zero-order chi connectivity index (χ0) is 18.8. The predicted molar refractivity (Wildman–Crippen MR) is 101 cm³/mol. The van der Waals surface area contributed by atoms with Gasteiger partial charge in [0.05, 0.1) is 23.2 Å². The molecule has 0 aliphatic rings. The van der Waals surface area contributed by atoms with Crippen LogP contribution in [0.1, 0.15) is 11.3 Å². The molecule has 2 N–H and O–H groups in total. The number of aromatic amines is 1. The van der Waals surface area contributed by atoms with Crippen LogP contribution in [0.3, 0.4) is 0 Å². The molecule has 7 heteroatoms. The Morgan fingerprint density at radius 1 is 1.11 bits per heavy atom. The number of amides is 1. The molecule has 0 bridgehead atoms. The van der Waals surface area contributed by atoms with Crippen molar-refractivity contribution < 1.29 is 9.32 Å². The largest absolute Gasteiger partial charge is 0.338 e. The van der Waals surface area contributed by atoms with Crippen molar-refractivity contribution in [3.8, 4) is 11.3 Å². The Morgan fingerprint density at radius 2 is 1.85 bits per heavy atom. The number of nitrogens with zero attached hydrogens (tertiary/aromatic N) is 2. The molecule has 27 heavy (non-hydrogen) atoms. The number of aromatic nitrogens is 3. The number of benzene rings is 2. The minimum atomic E-state index is -0.217. The Bertz CT molecular complexity index is 1180. The third-order valence-electron chi connectivity index (χ3n) is 4.18. The minimum absolute atomic E-state index is 0.188. The second-order valence-electron chi connectivity index (χ2n) is 6.20. The van der Waals surface area contributed by atoms with Gasteiger partial charge in [-0.3, -0.25) is 14.9 Å². The van der Waals surface area contributed by atoms with E-state index < -0.39 is 0 Å². The maximum Gasteiger partial charge on any atom is 0.272 e. The molecule has 0 spiro atoms. The SMILES string of the molecule is Cc1cc(NC(=O)Cc2ccc(-c3n[nH]c(=O)c4ccccc34)cc2)on1. The van der Waals surface area contributed by atoms with E-state index in [1.807, 2.05) is 42.5 Å². The van der Waals surface area contributed by atoms with Crippen LogP contribution < -0.4 is 10.9 Å². The van der Waals surface area contributed by atoms with Gasteiger partial charge < -0.3 is 4.52 Å². The fourth-order valence-corrected chi connectivity index (χ4v) is 2.90. The highest BCUT2D eigenvalue weighted by Gasteiger charge is 2.10. The van der Waals surface area contributed by atoms with Crippen molar-refractivity contribution in [2.24, 2.45) is 0 Å². The van der Waals surface area contributed by atoms with Gasteiger partial charge >= 0.3 is 0 Å². The van der Waals surface area contributed by atoms with Crippen LogP contribution in [-0.2, 0) is 11.2 Å². The molecular formula is C20H16N4O3. The normalized spacial score (nSPS) is 10.9. The van der Waals surface area contributed by atoms with Crippen molar-refractivity contribution in [2.45, 2.75) is 13.3 Å². The van der Waals surface area contributed by atoms with E-state index in [4.69, 9.17) is 4.52 Å². The summed E-state index contributed by atoms with van der Waals surface area (Å²) in [7, 11) is 0. The van der Waals surface area contributed by atoms with Crippen LogP contribution in [0.15, 0.2) is 63.9 Å². The number of hydrogen-bond donors (Lipinski definition) is 2. The van der Waals surface area contributed by atoms with Gasteiger partial charge in [-0.1, -0.05) is 47.6 Å². The summed E-state index contributed by atoms with van der Waals surface area (Å²) >= 11 is 0. The molecule has 4 rings (SSSR count). The lowest BCUT2D eigenvalue weighted by atomic mass is 10.0. The lowest BCUT2D eigenvalue weighted by molar-refractivity contribution is -0.115. The second-order valence-corrected chi connectivity index (χ2v) is 6.20. The summed E-state index contributed by atoms with van der Waals surface area (Å²) < 4.78 is 4.98. The van der Waals surface area contributed by atoms with E-state index in [1.165, 1.54) is 0 Å². The molecule has 0 aliphatic heterocycles. The molecule has 0 saturated heterocycles. The van der Waals surface area contributed by atoms with Crippen molar-refractivity contribution in [3.05, 3.63) is 76.2 Å². The van der Waals surface area contributed by atoms with Gasteiger partial charge in [0, 0.05) is 17.0 Å². The van der Waals surface area contributed by atoms with Gasteiger partial charge in [0.15, 0.2) is 0 Å². The summed E-state index contributed by atoms with van der Waals surface area (Å²) in [5.74, 6) is 0.143. The Hall–Kier alpha value is -3.74. The van der Waals surface area contributed by atoms with Crippen molar-refractivity contribution in [1.82, 2.24) is 15.4 Å². The molecule has 2 heterocycles. The molecule has 0 atom stereocenters. The number of nitrogens with one attached hydrogen (secondary N) is 2. The molecule has 0 fully saturated rings. The van der Waals surface area contributed by atoms with Gasteiger partial charge in [-0.2, -0.15) is 5.10 Å². The Kier molecular flexibility index (Phi) is 4.25. The first kappa shape index (κ1) is 16.7. The number of fused-ring (bicyclic) bond motifs is 1. The average Bonchev–Trinajstić information content (AvgIpc) is 3.08. The molecule has 7 nitrogen and oxygen atoms in total. The standard InChI is InChI=1S/C20H16N4O3/c1-12-10-18(27-24-12)21-17(25)11-13-6-8-14(9-7-13)19-15-4-2-3-5-16(15)20(26)23-22-19/h2-10H,11H2,1H3,(H,21,25)(H,23,26). The minimum Gasteiger partial charge on any atom is -0.338 e. The van der Waals surface area contributed by atoms with Crippen LogP contribution in [0.4, 0.5) is 5.88 Å². The van der Waals surface area contributed by atoms with Crippen LogP contribution >= 0.6 is 0 Å². The molecular weight excluding hydrogens is 344 g/mol. The molecule has 2 aromatic heterocycles. The van der Waals surface area contributed by atoms with Gasteiger partial charge in [-0.25, -0.2) is 5.10 Å². The molecule has 134 valence electrons. The highest BCUT2D eigenvalue weighted by molar-refractivity contribution is 5.94. The van der Waals surface area contributed by atoms with Gasteiger partial charge in [0.2, 0.25) is 11.8 Å². The second kappa shape index (κ2) is 6.87. The quantitative estimate of drug-likeness (QED) is 0.582. The number of carbonyl (C=O) groups excluding carboxylic acids is 1. The van der Waals surface area contributed by atoms with Gasteiger partial charge in [-0.15, -0.1) is 0 Å². The highest BCUT2D eigenvalue weighted by Crippen LogP contribution is 2.24. The number of rotatable bonds is 4. The van der Waals surface area contributed by atoms with Crippen LogP contribution in [0.5, 0.6) is 0 Å². The molecule has 1 amide bonds. The van der Waals surface area contributed by atoms with E-state index in [1.54, 1.807) is 19.1 Å². The number of aryl methyl sites for hydroxylation is 1.